The molecular formula is C13H21NO3. The van der Waals surface area contributed by atoms with Crippen molar-refractivity contribution in [1.82, 2.24) is 0 Å². The molecular weight excluding hydrogens is 218 g/mol. The Morgan fingerprint density at radius 2 is 1.65 bits per heavy atom. The average Bonchev–Trinajstić information content (AvgIpc) is 2.35. The molecule has 0 heterocycles. The number of aliphatic hydroxyl groups excluding tert-OH is 1. The second kappa shape index (κ2) is 5.89. The minimum absolute atomic E-state index is 0.111. The predicted molar refractivity (Wildman–Crippen MR) is 67.6 cm³/mol. The van der Waals surface area contributed by atoms with Crippen LogP contribution in [0, 0.1) is 0 Å². The molecule has 0 amide bonds. The van der Waals surface area contributed by atoms with Gasteiger partial charge < -0.3 is 20.3 Å². The van der Waals surface area contributed by atoms with E-state index in [1.54, 1.807) is 14.2 Å². The Balaban J connectivity index is 3.33. The SMILES string of the molecule is COc1cc(OC)c(C(N)CO)cc1C(C)C. The number of ether oxygens (including phenoxy) is 2. The van der Waals surface area contributed by atoms with Crippen molar-refractivity contribution in [3.05, 3.63) is 23.3 Å². The minimum atomic E-state index is -0.437. The summed E-state index contributed by atoms with van der Waals surface area (Å²) in [7, 11) is 3.21. The van der Waals surface area contributed by atoms with Gasteiger partial charge in [0.15, 0.2) is 0 Å². The first-order valence-corrected chi connectivity index (χ1v) is 5.67. The summed E-state index contributed by atoms with van der Waals surface area (Å²) in [5, 5.41) is 9.15. The Hall–Kier alpha value is -1.26. The van der Waals surface area contributed by atoms with Crippen molar-refractivity contribution in [1.29, 1.82) is 0 Å². The highest BCUT2D eigenvalue weighted by atomic mass is 16.5. The van der Waals surface area contributed by atoms with Gasteiger partial charge in [-0.25, -0.2) is 0 Å². The Morgan fingerprint density at radius 1 is 1.12 bits per heavy atom. The Bertz CT molecular complexity index is 377. The van der Waals surface area contributed by atoms with Gasteiger partial charge in [0.1, 0.15) is 11.5 Å². The summed E-state index contributed by atoms with van der Waals surface area (Å²) in [4.78, 5) is 0. The largest absolute Gasteiger partial charge is 0.496 e. The number of hydrogen-bond acceptors (Lipinski definition) is 4. The van der Waals surface area contributed by atoms with Crippen molar-refractivity contribution in [3.63, 3.8) is 0 Å². The maximum atomic E-state index is 9.15. The van der Waals surface area contributed by atoms with Gasteiger partial charge in [0.25, 0.3) is 0 Å². The molecule has 0 saturated heterocycles. The molecule has 1 atom stereocenters. The van der Waals surface area contributed by atoms with E-state index in [0.717, 1.165) is 16.9 Å². The van der Waals surface area contributed by atoms with Crippen LogP contribution < -0.4 is 15.2 Å². The molecule has 4 nitrogen and oxygen atoms in total. The molecule has 96 valence electrons. The zero-order chi connectivity index (χ0) is 13.0. The summed E-state index contributed by atoms with van der Waals surface area (Å²) in [6, 6.07) is 3.33. The molecule has 17 heavy (non-hydrogen) atoms. The van der Waals surface area contributed by atoms with Crippen LogP contribution in [0.15, 0.2) is 12.1 Å². The summed E-state index contributed by atoms with van der Waals surface area (Å²) in [5.74, 6) is 1.75. The lowest BCUT2D eigenvalue weighted by Gasteiger charge is -2.19. The van der Waals surface area contributed by atoms with Crippen LogP contribution >= 0.6 is 0 Å². The van der Waals surface area contributed by atoms with Crippen molar-refractivity contribution in [2.45, 2.75) is 25.8 Å². The van der Waals surface area contributed by atoms with Gasteiger partial charge in [-0.1, -0.05) is 13.8 Å². The van der Waals surface area contributed by atoms with E-state index in [2.05, 4.69) is 13.8 Å². The third-order valence-electron chi connectivity index (χ3n) is 2.80. The molecule has 0 fully saturated rings. The molecule has 0 aliphatic rings. The van der Waals surface area contributed by atoms with Gasteiger partial charge in [-0.15, -0.1) is 0 Å². The van der Waals surface area contributed by atoms with E-state index >= 15 is 0 Å². The zero-order valence-corrected chi connectivity index (χ0v) is 10.9. The highest BCUT2D eigenvalue weighted by Crippen LogP contribution is 2.35. The lowest BCUT2D eigenvalue weighted by atomic mass is 9.96. The van der Waals surface area contributed by atoms with Crippen LogP contribution in [0.2, 0.25) is 0 Å². The van der Waals surface area contributed by atoms with E-state index in [1.165, 1.54) is 0 Å². The van der Waals surface area contributed by atoms with Gasteiger partial charge in [-0.05, 0) is 17.5 Å². The van der Waals surface area contributed by atoms with Gasteiger partial charge >= 0.3 is 0 Å². The van der Waals surface area contributed by atoms with Crippen molar-refractivity contribution in [2.24, 2.45) is 5.73 Å². The summed E-state index contributed by atoms with van der Waals surface area (Å²) in [6.45, 7) is 4.05. The normalized spacial score (nSPS) is 12.6. The summed E-state index contributed by atoms with van der Waals surface area (Å²) in [6.07, 6.45) is 0. The standard InChI is InChI=1S/C13H21NO3/c1-8(2)9-5-10(11(14)7-15)13(17-4)6-12(9)16-3/h5-6,8,11,15H,7,14H2,1-4H3. The molecule has 1 aromatic rings. The van der Waals surface area contributed by atoms with E-state index in [1.807, 2.05) is 12.1 Å². The van der Waals surface area contributed by atoms with Crippen LogP contribution in [-0.4, -0.2) is 25.9 Å². The van der Waals surface area contributed by atoms with Crippen LogP contribution in [0.25, 0.3) is 0 Å². The van der Waals surface area contributed by atoms with E-state index < -0.39 is 6.04 Å². The van der Waals surface area contributed by atoms with Gasteiger partial charge in [-0.2, -0.15) is 0 Å². The number of benzene rings is 1. The first-order valence-electron chi connectivity index (χ1n) is 5.67. The van der Waals surface area contributed by atoms with Crippen LogP contribution in [-0.2, 0) is 0 Å². The Labute approximate surface area is 102 Å². The van der Waals surface area contributed by atoms with E-state index in [-0.39, 0.29) is 6.61 Å². The highest BCUT2D eigenvalue weighted by Gasteiger charge is 2.17. The van der Waals surface area contributed by atoms with E-state index in [0.29, 0.717) is 11.7 Å². The number of rotatable bonds is 5. The van der Waals surface area contributed by atoms with E-state index in [4.69, 9.17) is 20.3 Å². The first-order chi connectivity index (χ1) is 8.04. The Morgan fingerprint density at radius 3 is 2.06 bits per heavy atom. The quantitative estimate of drug-likeness (QED) is 0.822. The maximum absolute atomic E-state index is 9.15. The summed E-state index contributed by atoms with van der Waals surface area (Å²) >= 11 is 0. The van der Waals surface area contributed by atoms with Crippen LogP contribution in [0.4, 0.5) is 0 Å². The average molecular weight is 239 g/mol. The highest BCUT2D eigenvalue weighted by molar-refractivity contribution is 5.49. The third-order valence-corrected chi connectivity index (χ3v) is 2.80. The molecule has 0 saturated carbocycles. The monoisotopic (exact) mass is 239 g/mol. The molecule has 4 heteroatoms. The predicted octanol–water partition coefficient (Wildman–Crippen LogP) is 1.82. The van der Waals surface area contributed by atoms with Crippen LogP contribution in [0.3, 0.4) is 0 Å². The van der Waals surface area contributed by atoms with Crippen LogP contribution in [0.1, 0.15) is 36.9 Å². The fourth-order valence-electron chi connectivity index (χ4n) is 1.79. The van der Waals surface area contributed by atoms with Crippen molar-refractivity contribution >= 4 is 0 Å². The van der Waals surface area contributed by atoms with Gasteiger partial charge in [0.2, 0.25) is 0 Å². The fraction of sp³-hybridized carbons (Fsp3) is 0.538. The van der Waals surface area contributed by atoms with Crippen molar-refractivity contribution in [3.8, 4) is 11.5 Å². The molecule has 1 rings (SSSR count). The molecule has 1 aromatic carbocycles. The molecule has 3 N–H and O–H groups in total. The zero-order valence-electron chi connectivity index (χ0n) is 10.9. The van der Waals surface area contributed by atoms with Gasteiger partial charge in [0.05, 0.1) is 26.9 Å². The summed E-state index contributed by atoms with van der Waals surface area (Å²) in [5.41, 5.74) is 7.73. The molecule has 0 aliphatic carbocycles. The smallest absolute Gasteiger partial charge is 0.127 e. The second-order valence-electron chi connectivity index (χ2n) is 4.28. The van der Waals surface area contributed by atoms with Gasteiger partial charge in [0, 0.05) is 11.6 Å². The molecule has 1 unspecified atom stereocenters. The van der Waals surface area contributed by atoms with Crippen molar-refractivity contribution in [2.75, 3.05) is 20.8 Å². The topological polar surface area (TPSA) is 64.7 Å². The van der Waals surface area contributed by atoms with Crippen molar-refractivity contribution < 1.29 is 14.6 Å². The lowest BCUT2D eigenvalue weighted by Crippen LogP contribution is -2.16. The molecule has 0 radical (unpaired) electrons. The lowest BCUT2D eigenvalue weighted by molar-refractivity contribution is 0.264. The first kappa shape index (κ1) is 13.8. The molecule has 0 spiro atoms. The molecule has 0 aromatic heterocycles. The number of aliphatic hydroxyl groups is 1. The summed E-state index contributed by atoms with van der Waals surface area (Å²) < 4.78 is 10.6. The number of hydrogen-bond donors (Lipinski definition) is 2. The minimum Gasteiger partial charge on any atom is -0.496 e. The third kappa shape index (κ3) is 2.90. The molecule has 0 aliphatic heterocycles. The number of nitrogens with two attached hydrogens (primary N) is 1. The number of methoxy groups -OCH3 is 2. The van der Waals surface area contributed by atoms with Gasteiger partial charge in [-0.3, -0.25) is 0 Å². The fourth-order valence-corrected chi connectivity index (χ4v) is 1.79. The maximum Gasteiger partial charge on any atom is 0.127 e. The molecule has 0 bridgehead atoms. The Kier molecular flexibility index (Phi) is 4.78. The van der Waals surface area contributed by atoms with E-state index in [9.17, 15) is 0 Å². The second-order valence-corrected chi connectivity index (χ2v) is 4.28. The van der Waals surface area contributed by atoms with Crippen LogP contribution in [0.5, 0.6) is 11.5 Å².